The molecular formula is C11H14N2O3. The van der Waals surface area contributed by atoms with E-state index in [-0.39, 0.29) is 5.56 Å². The van der Waals surface area contributed by atoms with Gasteiger partial charge in [0.1, 0.15) is 0 Å². The maximum Gasteiger partial charge on any atom is 0.335 e. The molecule has 1 aromatic carbocycles. The Morgan fingerprint density at radius 2 is 2.06 bits per heavy atom. The van der Waals surface area contributed by atoms with Gasteiger partial charge < -0.3 is 20.4 Å². The second-order valence-electron chi connectivity index (χ2n) is 3.84. The molecule has 1 fully saturated rings. The third kappa shape index (κ3) is 2.09. The monoisotopic (exact) mass is 222 g/mol. The van der Waals surface area contributed by atoms with E-state index in [2.05, 4.69) is 10.2 Å². The zero-order valence-electron chi connectivity index (χ0n) is 8.85. The summed E-state index contributed by atoms with van der Waals surface area (Å²) in [7, 11) is 0. The quantitative estimate of drug-likeness (QED) is 0.661. The van der Waals surface area contributed by atoms with Crippen molar-refractivity contribution in [2.75, 3.05) is 31.1 Å². The van der Waals surface area contributed by atoms with Crippen molar-refractivity contribution in [1.29, 1.82) is 0 Å². The molecule has 0 aromatic heterocycles. The topological polar surface area (TPSA) is 80.2 Å². The van der Waals surface area contributed by atoms with E-state index in [0.29, 0.717) is 0 Å². The van der Waals surface area contributed by atoms with Crippen LogP contribution in [0.25, 0.3) is 0 Å². The highest BCUT2D eigenvalue weighted by Gasteiger charge is 2.14. The molecule has 0 saturated carbocycles. The van der Waals surface area contributed by atoms with Crippen LogP contribution in [0, 0.1) is 0 Å². The molecule has 3 N–H and O–H groups in total. The summed E-state index contributed by atoms with van der Waals surface area (Å²) in [6.07, 6.45) is 0. The summed E-state index contributed by atoms with van der Waals surface area (Å²) in [5.41, 5.74) is 0.678. The number of hydrogen-bond donors (Lipinski definition) is 2. The number of benzene rings is 1. The molecule has 86 valence electrons. The molecule has 2 rings (SSSR count). The largest absolute Gasteiger partial charge is 0.872 e. The number of aromatic carboxylic acids is 1. The van der Waals surface area contributed by atoms with E-state index >= 15 is 0 Å². The molecule has 0 aliphatic carbocycles. The van der Waals surface area contributed by atoms with Gasteiger partial charge in [-0.15, -0.1) is 0 Å². The van der Waals surface area contributed by atoms with E-state index in [1.165, 1.54) is 12.1 Å². The van der Waals surface area contributed by atoms with Crippen molar-refractivity contribution in [2.45, 2.75) is 0 Å². The molecule has 1 saturated heterocycles. The highest BCUT2D eigenvalue weighted by atomic mass is 16.4. The summed E-state index contributed by atoms with van der Waals surface area (Å²) < 4.78 is 0. The second-order valence-corrected chi connectivity index (χ2v) is 3.84. The van der Waals surface area contributed by atoms with Crippen molar-refractivity contribution in [1.82, 2.24) is 0 Å². The number of anilines is 1. The molecule has 1 aromatic rings. The zero-order valence-corrected chi connectivity index (χ0v) is 8.85. The van der Waals surface area contributed by atoms with Crippen LogP contribution in [0.3, 0.4) is 0 Å². The Morgan fingerprint density at radius 1 is 1.38 bits per heavy atom. The van der Waals surface area contributed by atoms with Crippen molar-refractivity contribution in [2.24, 2.45) is 0 Å². The van der Waals surface area contributed by atoms with Gasteiger partial charge in [0.2, 0.25) is 0 Å². The molecule has 0 amide bonds. The molecule has 1 heterocycles. The fourth-order valence-corrected chi connectivity index (χ4v) is 1.89. The number of carboxylic acids is 1. The van der Waals surface area contributed by atoms with Crippen LogP contribution in [-0.2, 0) is 0 Å². The standard InChI is InChI=1S/C11H14N2O3/c14-10-2-1-8(7-9(10)11(15)16)13-5-3-12-4-6-13/h1-2,7,12,14H,3-6H2,(H,15,16). The third-order valence-corrected chi connectivity index (χ3v) is 2.76. The molecule has 0 bridgehead atoms. The van der Waals surface area contributed by atoms with E-state index in [9.17, 15) is 9.90 Å². The minimum absolute atomic E-state index is 0.146. The minimum Gasteiger partial charge on any atom is -0.872 e. The molecule has 0 spiro atoms. The molecule has 1 aliphatic heterocycles. The maximum absolute atomic E-state index is 11.3. The summed E-state index contributed by atoms with van der Waals surface area (Å²) in [6.45, 7) is 3.78. The van der Waals surface area contributed by atoms with Gasteiger partial charge in [-0.3, -0.25) is 0 Å². The summed E-state index contributed by atoms with van der Waals surface area (Å²) in [4.78, 5) is 12.9. The number of hydrogen-bond acceptors (Lipinski definition) is 3. The van der Waals surface area contributed by atoms with Crippen LogP contribution >= 0.6 is 0 Å². The van der Waals surface area contributed by atoms with Crippen LogP contribution in [0.5, 0.6) is 5.75 Å². The Kier molecular flexibility index (Phi) is 2.96. The van der Waals surface area contributed by atoms with Gasteiger partial charge in [0.05, 0.1) is 31.7 Å². The molecule has 1 aliphatic rings. The summed E-state index contributed by atoms with van der Waals surface area (Å²) >= 11 is 0. The van der Waals surface area contributed by atoms with Gasteiger partial charge in [0.25, 0.3) is 0 Å². The lowest BCUT2D eigenvalue weighted by atomic mass is 10.1. The third-order valence-electron chi connectivity index (χ3n) is 2.76. The first kappa shape index (κ1) is 10.8. The normalized spacial score (nSPS) is 16.1. The Bertz CT molecular complexity index is 400. The van der Waals surface area contributed by atoms with Gasteiger partial charge in [0, 0.05) is 5.69 Å². The highest BCUT2D eigenvalue weighted by Crippen LogP contribution is 2.22. The molecule has 0 unspecified atom stereocenters. The second kappa shape index (κ2) is 4.40. The predicted molar refractivity (Wildman–Crippen MR) is 56.7 cm³/mol. The first-order chi connectivity index (χ1) is 7.68. The smallest absolute Gasteiger partial charge is 0.335 e. The Labute approximate surface area is 93.3 Å². The average molecular weight is 222 g/mol. The first-order valence-electron chi connectivity index (χ1n) is 5.29. The van der Waals surface area contributed by atoms with Crippen LogP contribution < -0.4 is 15.3 Å². The number of quaternary nitrogens is 1. The number of rotatable bonds is 2. The average Bonchev–Trinajstić information content (AvgIpc) is 2.30. The van der Waals surface area contributed by atoms with Crippen molar-refractivity contribution in [3.63, 3.8) is 0 Å². The SMILES string of the molecule is O=C(O)c1cc(N2CC[NH2+]CC2)ccc1[O-]. The van der Waals surface area contributed by atoms with E-state index in [1.807, 2.05) is 0 Å². The molecule has 0 atom stereocenters. The van der Waals surface area contributed by atoms with Gasteiger partial charge in [0.15, 0.2) is 0 Å². The van der Waals surface area contributed by atoms with Gasteiger partial charge in [-0.05, 0) is 12.1 Å². The first-order valence-corrected chi connectivity index (χ1v) is 5.29. The van der Waals surface area contributed by atoms with Crippen LogP contribution in [0.4, 0.5) is 5.69 Å². The van der Waals surface area contributed by atoms with Gasteiger partial charge in [-0.25, -0.2) is 4.79 Å². The van der Waals surface area contributed by atoms with Crippen molar-refractivity contribution < 1.29 is 20.3 Å². The van der Waals surface area contributed by atoms with Crippen molar-refractivity contribution in [3.8, 4) is 5.75 Å². The zero-order chi connectivity index (χ0) is 11.5. The summed E-state index contributed by atoms with van der Waals surface area (Å²) in [6, 6.07) is 4.49. The van der Waals surface area contributed by atoms with E-state index < -0.39 is 11.7 Å². The fraction of sp³-hybridized carbons (Fsp3) is 0.364. The van der Waals surface area contributed by atoms with Crippen LogP contribution in [0.1, 0.15) is 10.4 Å². The minimum atomic E-state index is -1.16. The summed E-state index contributed by atoms with van der Waals surface area (Å²) in [5.74, 6) is -1.59. The highest BCUT2D eigenvalue weighted by molar-refractivity contribution is 5.91. The van der Waals surface area contributed by atoms with Gasteiger partial charge in [-0.1, -0.05) is 11.8 Å². The fourth-order valence-electron chi connectivity index (χ4n) is 1.89. The molecule has 0 radical (unpaired) electrons. The lowest BCUT2D eigenvalue weighted by Crippen LogP contribution is -2.89. The van der Waals surface area contributed by atoms with Crippen LogP contribution in [-0.4, -0.2) is 37.3 Å². The Balaban J connectivity index is 2.27. The van der Waals surface area contributed by atoms with Crippen molar-refractivity contribution in [3.05, 3.63) is 23.8 Å². The number of nitrogens with two attached hydrogens (primary N) is 1. The maximum atomic E-state index is 11.3. The van der Waals surface area contributed by atoms with E-state index in [1.54, 1.807) is 6.07 Å². The Morgan fingerprint density at radius 3 is 2.69 bits per heavy atom. The van der Waals surface area contributed by atoms with Crippen LogP contribution in [0.15, 0.2) is 18.2 Å². The number of piperazine rings is 1. The molecule has 16 heavy (non-hydrogen) atoms. The predicted octanol–water partition coefficient (Wildman–Crippen LogP) is -1.16. The summed E-state index contributed by atoms with van der Waals surface area (Å²) in [5, 5.41) is 22.4. The van der Waals surface area contributed by atoms with Gasteiger partial charge in [-0.2, -0.15) is 0 Å². The Hall–Kier alpha value is -1.75. The van der Waals surface area contributed by atoms with E-state index in [4.69, 9.17) is 5.11 Å². The lowest BCUT2D eigenvalue weighted by Gasteiger charge is -2.28. The van der Waals surface area contributed by atoms with Crippen LogP contribution in [0.2, 0.25) is 0 Å². The molecular weight excluding hydrogens is 208 g/mol. The molecule has 5 heteroatoms. The number of nitrogens with zero attached hydrogens (tertiary/aromatic N) is 1. The number of carbonyl (C=O) groups is 1. The van der Waals surface area contributed by atoms with Gasteiger partial charge >= 0.3 is 5.97 Å². The molecule has 5 nitrogen and oxygen atoms in total. The van der Waals surface area contributed by atoms with E-state index in [0.717, 1.165) is 31.9 Å². The van der Waals surface area contributed by atoms with Crippen molar-refractivity contribution >= 4 is 11.7 Å². The lowest BCUT2D eigenvalue weighted by molar-refractivity contribution is -0.655. The number of carboxylic acid groups (broad SMARTS) is 1.